The molecule has 3 aromatic carbocycles. The van der Waals surface area contributed by atoms with Crippen molar-refractivity contribution in [3.8, 4) is 5.75 Å². The number of benzene rings is 3. The topological polar surface area (TPSA) is 41.6 Å². The Morgan fingerprint density at radius 3 is 2.55 bits per heavy atom. The average Bonchev–Trinajstić information content (AvgIpc) is 2.82. The number of carbonyl (C=O) groups is 1. The highest BCUT2D eigenvalue weighted by molar-refractivity contribution is 5.77. The van der Waals surface area contributed by atoms with Crippen molar-refractivity contribution in [3.63, 3.8) is 0 Å². The molecule has 31 heavy (non-hydrogen) atoms. The van der Waals surface area contributed by atoms with Crippen molar-refractivity contribution in [2.75, 3.05) is 19.7 Å². The molecule has 0 bridgehead atoms. The van der Waals surface area contributed by atoms with E-state index < -0.39 is 0 Å². The van der Waals surface area contributed by atoms with Crippen LogP contribution in [0, 0.1) is 0 Å². The summed E-state index contributed by atoms with van der Waals surface area (Å²) in [5.41, 5.74) is 5.15. The highest BCUT2D eigenvalue weighted by Crippen LogP contribution is 2.37. The summed E-state index contributed by atoms with van der Waals surface area (Å²) in [7, 11) is 0. The van der Waals surface area contributed by atoms with Crippen LogP contribution >= 0.6 is 0 Å². The maximum Gasteiger partial charge on any atom is 0.258 e. The van der Waals surface area contributed by atoms with E-state index in [9.17, 15) is 4.79 Å². The van der Waals surface area contributed by atoms with Gasteiger partial charge in [0.25, 0.3) is 5.91 Å². The van der Waals surface area contributed by atoms with Crippen molar-refractivity contribution in [2.24, 2.45) is 0 Å². The second kappa shape index (κ2) is 10.1. The van der Waals surface area contributed by atoms with E-state index in [0.717, 1.165) is 25.3 Å². The number of ether oxygens (including phenoxy) is 1. The highest BCUT2D eigenvalue weighted by Gasteiger charge is 2.29. The average molecular weight is 413 g/mol. The molecule has 0 saturated heterocycles. The van der Waals surface area contributed by atoms with Crippen LogP contribution < -0.4 is 10.1 Å². The van der Waals surface area contributed by atoms with Crippen LogP contribution in [0.25, 0.3) is 0 Å². The monoisotopic (exact) mass is 412 g/mol. The van der Waals surface area contributed by atoms with Gasteiger partial charge in [-0.1, -0.05) is 72.8 Å². The molecule has 1 atom stereocenters. The Balaban J connectivity index is 1.61. The summed E-state index contributed by atoms with van der Waals surface area (Å²) in [6.07, 6.45) is 2.65. The van der Waals surface area contributed by atoms with Gasteiger partial charge < -0.3 is 10.1 Å². The van der Waals surface area contributed by atoms with Crippen LogP contribution in [0.15, 0.2) is 91.5 Å². The summed E-state index contributed by atoms with van der Waals surface area (Å²) >= 11 is 0. The third-order valence-electron chi connectivity index (χ3n) is 5.60. The second-order valence-corrected chi connectivity index (χ2v) is 7.76. The maximum atomic E-state index is 11.9. The molecule has 4 rings (SSSR count). The minimum absolute atomic E-state index is 0.00361. The summed E-state index contributed by atoms with van der Waals surface area (Å²) < 4.78 is 5.80. The van der Waals surface area contributed by atoms with Crippen molar-refractivity contribution >= 4 is 5.91 Å². The van der Waals surface area contributed by atoms with Gasteiger partial charge in [0.2, 0.25) is 0 Å². The normalized spacial score (nSPS) is 15.7. The van der Waals surface area contributed by atoms with Gasteiger partial charge in [-0.15, -0.1) is 6.58 Å². The Labute approximate surface area is 184 Å². The van der Waals surface area contributed by atoms with Crippen LogP contribution in [0.1, 0.15) is 28.3 Å². The van der Waals surface area contributed by atoms with Crippen molar-refractivity contribution in [2.45, 2.75) is 19.0 Å². The SMILES string of the molecule is C=CCNC(=O)COc1ccc2c(c1)C(c1ccccc1)N(Cc1ccccc1)CC2. The van der Waals surface area contributed by atoms with Crippen LogP contribution in [0.5, 0.6) is 5.75 Å². The van der Waals surface area contributed by atoms with Gasteiger partial charge in [-0.05, 0) is 40.8 Å². The molecular formula is C27H28N2O2. The maximum absolute atomic E-state index is 11.9. The second-order valence-electron chi connectivity index (χ2n) is 7.76. The molecule has 0 radical (unpaired) electrons. The third-order valence-corrected chi connectivity index (χ3v) is 5.60. The minimum atomic E-state index is -0.150. The van der Waals surface area contributed by atoms with Crippen LogP contribution in [0.4, 0.5) is 0 Å². The molecule has 0 spiro atoms. The van der Waals surface area contributed by atoms with E-state index in [1.807, 2.05) is 6.07 Å². The van der Waals surface area contributed by atoms with E-state index in [4.69, 9.17) is 4.74 Å². The quantitative estimate of drug-likeness (QED) is 0.553. The summed E-state index contributed by atoms with van der Waals surface area (Å²) in [6.45, 7) is 5.93. The molecule has 0 aromatic heterocycles. The number of nitrogens with one attached hydrogen (secondary N) is 1. The first kappa shape index (κ1) is 20.9. The first-order valence-corrected chi connectivity index (χ1v) is 10.7. The van der Waals surface area contributed by atoms with Crippen molar-refractivity contribution in [3.05, 3.63) is 114 Å². The fourth-order valence-electron chi connectivity index (χ4n) is 4.13. The lowest BCUT2D eigenvalue weighted by atomic mass is 9.87. The van der Waals surface area contributed by atoms with Crippen LogP contribution in [0.2, 0.25) is 0 Å². The number of rotatable bonds is 8. The number of amides is 1. The predicted octanol–water partition coefficient (Wildman–Crippen LogP) is 4.52. The van der Waals surface area contributed by atoms with Gasteiger partial charge in [0, 0.05) is 19.6 Å². The molecule has 3 aromatic rings. The predicted molar refractivity (Wildman–Crippen MR) is 124 cm³/mol. The van der Waals surface area contributed by atoms with E-state index in [1.54, 1.807) is 6.08 Å². The summed E-state index contributed by atoms with van der Waals surface area (Å²) in [5, 5.41) is 2.74. The molecule has 158 valence electrons. The molecule has 0 fully saturated rings. The Hall–Kier alpha value is -3.37. The molecular weight excluding hydrogens is 384 g/mol. The fourth-order valence-corrected chi connectivity index (χ4v) is 4.13. The molecule has 1 heterocycles. The smallest absolute Gasteiger partial charge is 0.258 e. The Kier molecular flexibility index (Phi) is 6.80. The Morgan fingerprint density at radius 2 is 1.81 bits per heavy atom. The van der Waals surface area contributed by atoms with Gasteiger partial charge in [-0.3, -0.25) is 9.69 Å². The molecule has 0 aliphatic carbocycles. The number of hydrogen-bond acceptors (Lipinski definition) is 3. The summed E-state index contributed by atoms with van der Waals surface area (Å²) in [4.78, 5) is 14.4. The minimum Gasteiger partial charge on any atom is -0.484 e. The number of carbonyl (C=O) groups excluding carboxylic acids is 1. The summed E-state index contributed by atoms with van der Waals surface area (Å²) in [5.74, 6) is 0.568. The van der Waals surface area contributed by atoms with Crippen LogP contribution in [-0.2, 0) is 17.8 Å². The Morgan fingerprint density at radius 1 is 1.06 bits per heavy atom. The number of hydrogen-bond donors (Lipinski definition) is 1. The molecule has 1 unspecified atom stereocenters. The number of nitrogens with zero attached hydrogens (tertiary/aromatic N) is 1. The van der Waals surface area contributed by atoms with E-state index in [-0.39, 0.29) is 18.6 Å². The largest absolute Gasteiger partial charge is 0.484 e. The summed E-state index contributed by atoms with van der Waals surface area (Å²) in [6, 6.07) is 27.6. The lowest BCUT2D eigenvalue weighted by molar-refractivity contribution is -0.122. The standard InChI is InChI=1S/C27H28N2O2/c1-2-16-28-26(30)20-31-24-14-13-22-15-17-29(19-21-9-5-3-6-10-21)27(25(22)18-24)23-11-7-4-8-12-23/h2-14,18,27H,1,15-17,19-20H2,(H,28,30). The lowest BCUT2D eigenvalue weighted by Gasteiger charge is -2.38. The van der Waals surface area contributed by atoms with Crippen molar-refractivity contribution in [1.29, 1.82) is 0 Å². The number of fused-ring (bicyclic) bond motifs is 1. The van der Waals surface area contributed by atoms with Crippen molar-refractivity contribution in [1.82, 2.24) is 10.2 Å². The highest BCUT2D eigenvalue weighted by atomic mass is 16.5. The first-order valence-electron chi connectivity index (χ1n) is 10.7. The van der Waals surface area contributed by atoms with Crippen molar-refractivity contribution < 1.29 is 9.53 Å². The molecule has 0 saturated carbocycles. The van der Waals surface area contributed by atoms with Gasteiger partial charge in [-0.25, -0.2) is 0 Å². The molecule has 1 aliphatic heterocycles. The molecule has 1 amide bonds. The van der Waals surface area contributed by atoms with Crippen LogP contribution in [0.3, 0.4) is 0 Å². The van der Waals surface area contributed by atoms with E-state index >= 15 is 0 Å². The van der Waals surface area contributed by atoms with E-state index in [2.05, 4.69) is 89.6 Å². The lowest BCUT2D eigenvalue weighted by Crippen LogP contribution is -2.35. The fraction of sp³-hybridized carbons (Fsp3) is 0.222. The van der Waals surface area contributed by atoms with Gasteiger partial charge in [0.05, 0.1) is 6.04 Å². The third kappa shape index (κ3) is 5.22. The zero-order valence-corrected chi connectivity index (χ0v) is 17.7. The van der Waals surface area contributed by atoms with Gasteiger partial charge >= 0.3 is 0 Å². The van der Waals surface area contributed by atoms with Gasteiger partial charge in [0.15, 0.2) is 6.61 Å². The molecule has 4 heteroatoms. The van der Waals surface area contributed by atoms with E-state index in [0.29, 0.717) is 6.54 Å². The zero-order chi connectivity index (χ0) is 21.5. The molecule has 4 nitrogen and oxygen atoms in total. The zero-order valence-electron chi connectivity index (χ0n) is 17.7. The Bertz CT molecular complexity index is 1020. The molecule has 1 aliphatic rings. The first-order chi connectivity index (χ1) is 15.2. The van der Waals surface area contributed by atoms with Gasteiger partial charge in [0.1, 0.15) is 5.75 Å². The van der Waals surface area contributed by atoms with E-state index in [1.165, 1.54) is 22.3 Å². The van der Waals surface area contributed by atoms with Gasteiger partial charge in [-0.2, -0.15) is 0 Å². The molecule has 1 N–H and O–H groups in total. The van der Waals surface area contributed by atoms with Crippen LogP contribution in [-0.4, -0.2) is 30.5 Å².